The zero-order chi connectivity index (χ0) is 14.5. The molecule has 1 unspecified atom stereocenters. The molecule has 5 N–H and O–H groups in total. The number of nitrogens with one attached hydrogen (secondary N) is 1. The number of aryl methyl sites for hydroxylation is 1. The Bertz CT molecular complexity index is 566. The number of aromatic nitrogens is 1. The minimum absolute atomic E-state index is 0.213. The molecule has 0 spiro atoms. The van der Waals surface area contributed by atoms with Gasteiger partial charge in [-0.2, -0.15) is 0 Å². The Morgan fingerprint density at radius 1 is 1.35 bits per heavy atom. The summed E-state index contributed by atoms with van der Waals surface area (Å²) in [7, 11) is 1.97. The highest BCUT2D eigenvalue weighted by Gasteiger charge is 2.08. The van der Waals surface area contributed by atoms with Gasteiger partial charge in [-0.05, 0) is 30.7 Å². The maximum Gasteiger partial charge on any atom is 0.0787 e. The first-order valence-electron chi connectivity index (χ1n) is 6.65. The average Bonchev–Trinajstić information content (AvgIpc) is 2.86. The predicted octanol–water partition coefficient (Wildman–Crippen LogP) is 1.43. The number of nitrogens with zero attached hydrogens (tertiary/aromatic N) is 1. The van der Waals surface area contributed by atoms with E-state index in [2.05, 4.69) is 5.32 Å². The molecule has 2 rings (SSSR count). The van der Waals surface area contributed by atoms with Crippen molar-refractivity contribution in [3.63, 3.8) is 0 Å². The van der Waals surface area contributed by atoms with E-state index >= 15 is 0 Å². The third kappa shape index (κ3) is 3.53. The summed E-state index contributed by atoms with van der Waals surface area (Å²) in [6.45, 7) is 0.375. The van der Waals surface area contributed by atoms with Crippen LogP contribution < -0.4 is 11.1 Å². The lowest BCUT2D eigenvalue weighted by molar-refractivity contribution is 0.0911. The lowest BCUT2D eigenvalue weighted by Gasteiger charge is -2.13. The van der Waals surface area contributed by atoms with Crippen LogP contribution in [0.5, 0.6) is 0 Å². The quantitative estimate of drug-likeness (QED) is 0.601. The summed E-state index contributed by atoms with van der Waals surface area (Å²) in [4.78, 5) is 0. The summed E-state index contributed by atoms with van der Waals surface area (Å²) in [5, 5.41) is 21.4. The van der Waals surface area contributed by atoms with Gasteiger partial charge in [-0.1, -0.05) is 0 Å². The third-order valence-electron chi connectivity index (χ3n) is 3.19. The van der Waals surface area contributed by atoms with Gasteiger partial charge < -0.3 is 25.8 Å². The Balaban J connectivity index is 2.16. The fourth-order valence-corrected chi connectivity index (χ4v) is 2.08. The minimum Gasteiger partial charge on any atom is -0.399 e. The largest absolute Gasteiger partial charge is 0.399 e. The molecule has 1 aromatic carbocycles. The van der Waals surface area contributed by atoms with Crippen LogP contribution in [0.1, 0.15) is 6.42 Å². The van der Waals surface area contributed by atoms with E-state index in [0.717, 1.165) is 16.8 Å². The van der Waals surface area contributed by atoms with E-state index in [1.807, 2.05) is 48.3 Å². The van der Waals surface area contributed by atoms with Gasteiger partial charge in [0.05, 0.1) is 12.7 Å². The molecule has 108 valence electrons. The first kappa shape index (κ1) is 14.4. The number of rotatable bonds is 6. The second-order valence-corrected chi connectivity index (χ2v) is 4.92. The molecule has 1 heterocycles. The average molecular weight is 275 g/mol. The Morgan fingerprint density at radius 2 is 2.15 bits per heavy atom. The lowest BCUT2D eigenvalue weighted by Crippen LogP contribution is -2.17. The fourth-order valence-electron chi connectivity index (χ4n) is 2.08. The number of aliphatic hydroxyl groups excluding tert-OH is 2. The molecule has 2 aromatic rings. The summed E-state index contributed by atoms with van der Waals surface area (Å²) < 4.78 is 1.98. The Labute approximate surface area is 118 Å². The van der Waals surface area contributed by atoms with E-state index in [-0.39, 0.29) is 6.61 Å². The van der Waals surface area contributed by atoms with Crippen molar-refractivity contribution in [1.82, 2.24) is 4.57 Å². The highest BCUT2D eigenvalue weighted by molar-refractivity contribution is 5.80. The van der Waals surface area contributed by atoms with Gasteiger partial charge in [0, 0.05) is 48.5 Å². The Hall–Kier alpha value is -1.98. The predicted molar refractivity (Wildman–Crippen MR) is 81.5 cm³/mol. The first-order chi connectivity index (χ1) is 9.60. The minimum atomic E-state index is -0.684. The summed E-state index contributed by atoms with van der Waals surface area (Å²) in [5.41, 5.74) is 9.66. The van der Waals surface area contributed by atoms with Gasteiger partial charge in [-0.3, -0.25) is 0 Å². The van der Waals surface area contributed by atoms with Crippen LogP contribution in [-0.4, -0.2) is 34.0 Å². The Morgan fingerprint density at radius 3 is 2.80 bits per heavy atom. The van der Waals surface area contributed by atoms with E-state index in [1.165, 1.54) is 0 Å². The molecule has 1 aromatic heterocycles. The van der Waals surface area contributed by atoms with Crippen molar-refractivity contribution >= 4 is 11.4 Å². The first-order valence-corrected chi connectivity index (χ1v) is 6.65. The van der Waals surface area contributed by atoms with Crippen LogP contribution in [0.3, 0.4) is 0 Å². The molecule has 20 heavy (non-hydrogen) atoms. The van der Waals surface area contributed by atoms with E-state index in [1.54, 1.807) is 0 Å². The Kier molecular flexibility index (Phi) is 4.65. The molecule has 0 fully saturated rings. The maximum absolute atomic E-state index is 9.36. The van der Waals surface area contributed by atoms with Crippen molar-refractivity contribution in [2.45, 2.75) is 12.5 Å². The van der Waals surface area contributed by atoms with E-state index in [0.29, 0.717) is 18.7 Å². The van der Waals surface area contributed by atoms with E-state index in [9.17, 15) is 5.11 Å². The van der Waals surface area contributed by atoms with Crippen LogP contribution >= 0.6 is 0 Å². The number of aliphatic hydroxyl groups is 2. The molecule has 0 saturated heterocycles. The highest BCUT2D eigenvalue weighted by atomic mass is 16.3. The van der Waals surface area contributed by atoms with Gasteiger partial charge in [0.1, 0.15) is 0 Å². The molecule has 0 amide bonds. The van der Waals surface area contributed by atoms with Crippen LogP contribution in [0.2, 0.25) is 0 Å². The number of anilines is 2. The van der Waals surface area contributed by atoms with Crippen molar-refractivity contribution in [1.29, 1.82) is 0 Å². The topological polar surface area (TPSA) is 83.4 Å². The number of benzene rings is 1. The van der Waals surface area contributed by atoms with Crippen LogP contribution in [0, 0.1) is 0 Å². The van der Waals surface area contributed by atoms with Gasteiger partial charge in [0.15, 0.2) is 0 Å². The van der Waals surface area contributed by atoms with E-state index < -0.39 is 6.10 Å². The standard InChI is InChI=1S/C15H21N3O2/c1-18-7-5-11(9-18)14-8-12(16)2-3-15(14)17-6-4-13(20)10-19/h2-3,5,7-9,13,17,19-20H,4,6,10,16H2,1H3. The van der Waals surface area contributed by atoms with Gasteiger partial charge >= 0.3 is 0 Å². The maximum atomic E-state index is 9.36. The second kappa shape index (κ2) is 6.45. The molecule has 5 heteroatoms. The second-order valence-electron chi connectivity index (χ2n) is 4.92. The van der Waals surface area contributed by atoms with Crippen molar-refractivity contribution in [2.75, 3.05) is 24.2 Å². The van der Waals surface area contributed by atoms with E-state index in [4.69, 9.17) is 10.8 Å². The van der Waals surface area contributed by atoms with Crippen molar-refractivity contribution in [2.24, 2.45) is 7.05 Å². The molecular weight excluding hydrogens is 254 g/mol. The highest BCUT2D eigenvalue weighted by Crippen LogP contribution is 2.30. The number of hydrogen-bond donors (Lipinski definition) is 4. The van der Waals surface area contributed by atoms with Crippen LogP contribution in [0.15, 0.2) is 36.7 Å². The van der Waals surface area contributed by atoms with Gasteiger partial charge in [0.25, 0.3) is 0 Å². The fraction of sp³-hybridized carbons (Fsp3) is 0.333. The summed E-state index contributed by atoms with van der Waals surface area (Å²) >= 11 is 0. The molecule has 1 atom stereocenters. The van der Waals surface area contributed by atoms with Crippen molar-refractivity contribution < 1.29 is 10.2 Å². The SMILES string of the molecule is Cn1ccc(-c2cc(N)ccc2NCCC(O)CO)c1. The molecular formula is C15H21N3O2. The van der Waals surface area contributed by atoms with Crippen LogP contribution in [0.4, 0.5) is 11.4 Å². The number of nitrogen functional groups attached to an aromatic ring is 1. The smallest absolute Gasteiger partial charge is 0.0787 e. The zero-order valence-corrected chi connectivity index (χ0v) is 11.6. The normalized spacial score (nSPS) is 12.3. The number of nitrogens with two attached hydrogens (primary N) is 1. The van der Waals surface area contributed by atoms with Crippen molar-refractivity contribution in [3.8, 4) is 11.1 Å². The third-order valence-corrected chi connectivity index (χ3v) is 3.19. The molecule has 0 aliphatic rings. The van der Waals surface area contributed by atoms with Crippen molar-refractivity contribution in [3.05, 3.63) is 36.7 Å². The zero-order valence-electron chi connectivity index (χ0n) is 11.6. The van der Waals surface area contributed by atoms with Crippen LogP contribution in [0.25, 0.3) is 11.1 Å². The molecule has 0 radical (unpaired) electrons. The molecule has 5 nitrogen and oxygen atoms in total. The molecule has 0 aliphatic carbocycles. The summed E-state index contributed by atoms with van der Waals surface area (Å²) in [6, 6.07) is 7.74. The van der Waals surface area contributed by atoms with Gasteiger partial charge in [-0.25, -0.2) is 0 Å². The van der Waals surface area contributed by atoms with Gasteiger partial charge in [0.2, 0.25) is 0 Å². The van der Waals surface area contributed by atoms with Gasteiger partial charge in [-0.15, -0.1) is 0 Å². The van der Waals surface area contributed by atoms with Crippen LogP contribution in [-0.2, 0) is 7.05 Å². The summed E-state index contributed by atoms with van der Waals surface area (Å²) in [5.74, 6) is 0. The summed E-state index contributed by atoms with van der Waals surface area (Å²) in [6.07, 6.45) is 3.83. The molecule has 0 aliphatic heterocycles. The number of hydrogen-bond acceptors (Lipinski definition) is 4. The molecule has 0 bridgehead atoms. The molecule has 0 saturated carbocycles. The monoisotopic (exact) mass is 275 g/mol. The lowest BCUT2D eigenvalue weighted by atomic mass is 10.1.